The highest BCUT2D eigenvalue weighted by molar-refractivity contribution is 6.22. The third kappa shape index (κ3) is 3.87. The molecule has 1 N–H and O–H groups in total. The Hall–Kier alpha value is -3.35. The van der Waals surface area contributed by atoms with Gasteiger partial charge in [0.15, 0.2) is 0 Å². The molecule has 1 saturated heterocycles. The van der Waals surface area contributed by atoms with Gasteiger partial charge in [-0.2, -0.15) is 0 Å². The number of fused-ring (bicyclic) bond motifs is 1. The summed E-state index contributed by atoms with van der Waals surface area (Å²) in [6, 6.07) is 11.7. The molecule has 4 rings (SSSR count). The van der Waals surface area contributed by atoms with Gasteiger partial charge >= 0.3 is 0 Å². The van der Waals surface area contributed by atoms with Crippen LogP contribution in [0.15, 0.2) is 42.5 Å². The number of imide groups is 1. The number of rotatable bonds is 5. The smallest absolute Gasteiger partial charge is 0.255 e. The number of amides is 3. The molecule has 2 aromatic carbocycles. The number of nitrogens with zero attached hydrogens (tertiary/aromatic N) is 1. The number of carbonyl (C=O) groups is 3. The molecule has 0 spiro atoms. The first-order chi connectivity index (χ1) is 14.9. The molecule has 1 heterocycles. The van der Waals surface area contributed by atoms with Gasteiger partial charge in [0.25, 0.3) is 5.91 Å². The summed E-state index contributed by atoms with van der Waals surface area (Å²) in [6.07, 6.45) is 2.44. The van der Waals surface area contributed by atoms with Crippen LogP contribution in [0.4, 0.5) is 11.4 Å². The van der Waals surface area contributed by atoms with Crippen LogP contribution < -0.4 is 19.7 Å². The summed E-state index contributed by atoms with van der Waals surface area (Å²) in [4.78, 5) is 40.1. The molecule has 2 aliphatic rings. The predicted octanol–water partition coefficient (Wildman–Crippen LogP) is 3.88. The number of ether oxygens (including phenoxy) is 2. The summed E-state index contributed by atoms with van der Waals surface area (Å²) in [7, 11) is 3.06. The van der Waals surface area contributed by atoms with Crippen molar-refractivity contribution in [1.82, 2.24) is 0 Å². The molecule has 3 amide bonds. The Labute approximate surface area is 181 Å². The molecule has 0 radical (unpaired) electrons. The van der Waals surface area contributed by atoms with Crippen molar-refractivity contribution in [2.24, 2.45) is 17.8 Å². The maximum atomic E-state index is 13.0. The largest absolute Gasteiger partial charge is 0.497 e. The molecule has 7 heteroatoms. The zero-order valence-electron chi connectivity index (χ0n) is 17.9. The maximum absolute atomic E-state index is 13.0. The lowest BCUT2D eigenvalue weighted by atomic mass is 9.76. The number of hydrogen-bond acceptors (Lipinski definition) is 5. The number of hydrogen-bond donors (Lipinski definition) is 1. The molecule has 0 aromatic heterocycles. The number of carbonyl (C=O) groups excluding carboxylic acids is 3. The highest BCUT2D eigenvalue weighted by Crippen LogP contribution is 2.42. The predicted molar refractivity (Wildman–Crippen MR) is 116 cm³/mol. The van der Waals surface area contributed by atoms with Crippen molar-refractivity contribution in [2.75, 3.05) is 24.4 Å². The summed E-state index contributed by atoms with van der Waals surface area (Å²) in [5, 5.41) is 2.82. The lowest BCUT2D eigenvalue weighted by Crippen LogP contribution is -2.31. The van der Waals surface area contributed by atoms with Gasteiger partial charge < -0.3 is 14.8 Å². The van der Waals surface area contributed by atoms with E-state index in [9.17, 15) is 14.4 Å². The molecule has 0 unspecified atom stereocenters. The lowest BCUT2D eigenvalue weighted by Gasteiger charge is -2.25. The van der Waals surface area contributed by atoms with Crippen LogP contribution in [-0.2, 0) is 9.59 Å². The highest BCUT2D eigenvalue weighted by atomic mass is 16.5. The van der Waals surface area contributed by atoms with Crippen LogP contribution >= 0.6 is 0 Å². The molecule has 1 aliphatic carbocycles. The summed E-state index contributed by atoms with van der Waals surface area (Å²) in [6.45, 7) is 2.12. The lowest BCUT2D eigenvalue weighted by molar-refractivity contribution is -0.122. The van der Waals surface area contributed by atoms with Crippen molar-refractivity contribution in [3.8, 4) is 11.5 Å². The van der Waals surface area contributed by atoms with Crippen molar-refractivity contribution in [3.05, 3.63) is 48.0 Å². The van der Waals surface area contributed by atoms with E-state index in [0.717, 1.165) is 19.3 Å². The minimum absolute atomic E-state index is 0.156. The van der Waals surface area contributed by atoms with Crippen LogP contribution in [0, 0.1) is 17.8 Å². The quantitative estimate of drug-likeness (QED) is 0.739. The van der Waals surface area contributed by atoms with Gasteiger partial charge in [0.1, 0.15) is 11.5 Å². The summed E-state index contributed by atoms with van der Waals surface area (Å²) in [5.41, 5.74) is 1.28. The van der Waals surface area contributed by atoms with Crippen molar-refractivity contribution >= 4 is 29.1 Å². The van der Waals surface area contributed by atoms with Crippen LogP contribution in [0.3, 0.4) is 0 Å². The number of anilines is 2. The molecule has 3 atom stereocenters. The van der Waals surface area contributed by atoms with Crippen molar-refractivity contribution in [3.63, 3.8) is 0 Å². The van der Waals surface area contributed by atoms with Gasteiger partial charge in [-0.25, -0.2) is 0 Å². The fourth-order valence-corrected chi connectivity index (χ4v) is 4.53. The molecular formula is C24H26N2O5. The second-order valence-corrected chi connectivity index (χ2v) is 8.21. The van der Waals surface area contributed by atoms with Gasteiger partial charge in [0.2, 0.25) is 11.8 Å². The zero-order valence-corrected chi connectivity index (χ0v) is 17.9. The van der Waals surface area contributed by atoms with Crippen molar-refractivity contribution in [1.29, 1.82) is 0 Å². The summed E-state index contributed by atoms with van der Waals surface area (Å²) < 4.78 is 10.5. The van der Waals surface area contributed by atoms with Crippen LogP contribution in [0.5, 0.6) is 11.5 Å². The van der Waals surface area contributed by atoms with E-state index < -0.39 is 0 Å². The van der Waals surface area contributed by atoms with Gasteiger partial charge in [-0.15, -0.1) is 0 Å². The van der Waals surface area contributed by atoms with Crippen LogP contribution in [0.25, 0.3) is 0 Å². The minimum Gasteiger partial charge on any atom is -0.497 e. The topological polar surface area (TPSA) is 84.9 Å². The summed E-state index contributed by atoms with van der Waals surface area (Å²) >= 11 is 0. The average molecular weight is 422 g/mol. The highest BCUT2D eigenvalue weighted by Gasteiger charge is 2.50. The monoisotopic (exact) mass is 422 g/mol. The minimum atomic E-state index is -0.365. The van der Waals surface area contributed by atoms with E-state index in [1.165, 1.54) is 12.0 Å². The first kappa shape index (κ1) is 20.9. The second-order valence-electron chi connectivity index (χ2n) is 8.21. The first-order valence-corrected chi connectivity index (χ1v) is 10.4. The normalized spacial score (nSPS) is 22.8. The molecular weight excluding hydrogens is 396 g/mol. The van der Waals surface area contributed by atoms with E-state index >= 15 is 0 Å². The van der Waals surface area contributed by atoms with Gasteiger partial charge in [0, 0.05) is 11.6 Å². The number of nitrogens with one attached hydrogen (secondary N) is 1. The Balaban J connectivity index is 1.57. The Bertz CT molecular complexity index is 1030. The number of benzene rings is 2. The molecule has 7 nitrogen and oxygen atoms in total. The van der Waals surface area contributed by atoms with Gasteiger partial charge in [-0.3, -0.25) is 19.3 Å². The molecule has 1 saturated carbocycles. The third-order valence-electron chi connectivity index (χ3n) is 6.21. The second kappa shape index (κ2) is 8.41. The van der Waals surface area contributed by atoms with Crippen LogP contribution in [0.1, 0.15) is 36.5 Å². The Morgan fingerprint density at radius 2 is 1.77 bits per heavy atom. The zero-order chi connectivity index (χ0) is 22.1. The average Bonchev–Trinajstić information content (AvgIpc) is 3.03. The molecule has 2 fully saturated rings. The third-order valence-corrected chi connectivity index (χ3v) is 6.21. The molecule has 162 valence electrons. The van der Waals surface area contributed by atoms with E-state index in [1.54, 1.807) is 49.6 Å². The Morgan fingerprint density at radius 1 is 1.00 bits per heavy atom. The van der Waals surface area contributed by atoms with Gasteiger partial charge in [0.05, 0.1) is 37.4 Å². The molecule has 2 aromatic rings. The maximum Gasteiger partial charge on any atom is 0.255 e. The van der Waals surface area contributed by atoms with E-state index in [4.69, 9.17) is 9.47 Å². The van der Waals surface area contributed by atoms with Crippen LogP contribution in [0.2, 0.25) is 0 Å². The van der Waals surface area contributed by atoms with E-state index in [0.29, 0.717) is 34.4 Å². The van der Waals surface area contributed by atoms with Crippen molar-refractivity contribution in [2.45, 2.75) is 26.2 Å². The Kier molecular flexibility index (Phi) is 5.67. The van der Waals surface area contributed by atoms with E-state index in [1.807, 2.05) is 0 Å². The fourth-order valence-electron chi connectivity index (χ4n) is 4.53. The van der Waals surface area contributed by atoms with Gasteiger partial charge in [-0.05, 0) is 55.5 Å². The SMILES string of the molecule is COc1ccc(NC(=O)c2cccc(N3C(=O)[C@H]4C[C@H](C)CC[C@H]4C3=O)c2)c(OC)c1. The number of methoxy groups -OCH3 is 2. The first-order valence-electron chi connectivity index (χ1n) is 10.4. The standard InChI is InChI=1S/C24H26N2O5/c1-14-7-9-18-19(11-14)24(29)26(23(18)28)16-6-4-5-15(12-16)22(27)25-20-10-8-17(30-2)13-21(20)31-3/h4-6,8,10,12-14,18-19H,7,9,11H2,1-3H3,(H,25,27)/t14-,18-,19+/m1/s1. The van der Waals surface area contributed by atoms with E-state index in [-0.39, 0.29) is 29.6 Å². The van der Waals surface area contributed by atoms with Crippen molar-refractivity contribution < 1.29 is 23.9 Å². The molecule has 1 aliphatic heterocycles. The van der Waals surface area contributed by atoms with Gasteiger partial charge in [-0.1, -0.05) is 13.0 Å². The fraction of sp³-hybridized carbons (Fsp3) is 0.375. The van der Waals surface area contributed by atoms with Crippen LogP contribution in [-0.4, -0.2) is 31.9 Å². The molecule has 31 heavy (non-hydrogen) atoms. The summed E-state index contributed by atoms with van der Waals surface area (Å²) in [5.74, 6) is 0.338. The Morgan fingerprint density at radius 3 is 2.52 bits per heavy atom. The molecule has 0 bridgehead atoms. The van der Waals surface area contributed by atoms with E-state index in [2.05, 4.69) is 12.2 Å².